The van der Waals surface area contributed by atoms with Gasteiger partial charge in [-0.3, -0.25) is 4.57 Å². The van der Waals surface area contributed by atoms with Crippen LogP contribution in [0.2, 0.25) is 0 Å². The number of aliphatic imine (C=N–C) groups is 1. The van der Waals surface area contributed by atoms with Gasteiger partial charge in [0.2, 0.25) is 0 Å². The fourth-order valence-electron chi connectivity index (χ4n) is 10.8. The summed E-state index contributed by atoms with van der Waals surface area (Å²) in [5, 5.41) is 9.97. The van der Waals surface area contributed by atoms with Crippen LogP contribution in [0.5, 0.6) is 0 Å². The van der Waals surface area contributed by atoms with Gasteiger partial charge in [0.15, 0.2) is 0 Å². The van der Waals surface area contributed by atoms with E-state index in [-0.39, 0.29) is 0 Å². The van der Waals surface area contributed by atoms with Crippen molar-refractivity contribution < 1.29 is 0 Å². The molecule has 1 aliphatic heterocycles. The summed E-state index contributed by atoms with van der Waals surface area (Å²) in [5.41, 5.74) is 15.5. The zero-order valence-corrected chi connectivity index (χ0v) is 35.4. The van der Waals surface area contributed by atoms with Crippen LogP contribution in [0.1, 0.15) is 37.8 Å². The first-order chi connectivity index (χ1) is 31.1. The predicted molar refractivity (Wildman–Crippen MR) is 268 cm³/mol. The van der Waals surface area contributed by atoms with Crippen LogP contribution in [-0.4, -0.2) is 19.5 Å². The summed E-state index contributed by atoms with van der Waals surface area (Å²) in [6.07, 6.45) is 9.82. The summed E-state index contributed by atoms with van der Waals surface area (Å²) in [6, 6.07) is 62.9. The molecule has 1 atom stereocenters. The van der Waals surface area contributed by atoms with Gasteiger partial charge in [-0.15, -0.1) is 0 Å². The van der Waals surface area contributed by atoms with Crippen LogP contribution in [0, 0.1) is 5.92 Å². The molecule has 2 aliphatic rings. The highest BCUT2D eigenvalue weighted by molar-refractivity contribution is 6.33. The molecule has 0 amide bonds. The van der Waals surface area contributed by atoms with Crippen molar-refractivity contribution in [3.63, 3.8) is 0 Å². The number of hydrogen-bond donors (Lipinski definition) is 0. The Kier molecular flexibility index (Phi) is 7.95. The van der Waals surface area contributed by atoms with E-state index >= 15 is 0 Å². The van der Waals surface area contributed by atoms with E-state index in [4.69, 9.17) is 4.99 Å². The molecule has 4 heterocycles. The maximum atomic E-state index is 5.84. The monoisotopic (exact) mass is 808 g/mol. The summed E-state index contributed by atoms with van der Waals surface area (Å²) in [6.45, 7) is 4.61. The minimum Gasteiger partial charge on any atom is -0.310 e. The molecule has 0 radical (unpaired) electrons. The van der Waals surface area contributed by atoms with Crippen molar-refractivity contribution in [1.82, 2.24) is 13.7 Å². The molecule has 0 saturated heterocycles. The maximum Gasteiger partial charge on any atom is 0.146 e. The number of nitrogens with zero attached hydrogens (tertiary/aromatic N) is 4. The quantitative estimate of drug-likeness (QED) is 0.169. The van der Waals surface area contributed by atoms with Crippen molar-refractivity contribution in [3.8, 4) is 5.69 Å². The van der Waals surface area contributed by atoms with Gasteiger partial charge in [0.05, 0.1) is 38.8 Å². The number of aromatic nitrogens is 3. The molecule has 0 fully saturated rings. The van der Waals surface area contributed by atoms with Gasteiger partial charge in [0.1, 0.15) is 5.84 Å². The summed E-state index contributed by atoms with van der Waals surface area (Å²) >= 11 is 0. The van der Waals surface area contributed by atoms with E-state index in [1.165, 1.54) is 93.1 Å². The van der Waals surface area contributed by atoms with Gasteiger partial charge in [-0.25, -0.2) is 4.99 Å². The number of fused-ring (bicyclic) bond motifs is 12. The summed E-state index contributed by atoms with van der Waals surface area (Å²) in [4.78, 5) is 5.84. The maximum absolute atomic E-state index is 5.84. The fourth-order valence-corrected chi connectivity index (χ4v) is 10.8. The van der Waals surface area contributed by atoms with Gasteiger partial charge in [-0.1, -0.05) is 153 Å². The van der Waals surface area contributed by atoms with E-state index < -0.39 is 0 Å². The van der Waals surface area contributed by atoms with Gasteiger partial charge in [0, 0.05) is 49.3 Å². The molecule has 0 N–H and O–H groups in total. The van der Waals surface area contributed by atoms with Crippen molar-refractivity contribution in [3.05, 3.63) is 205 Å². The molecule has 300 valence electrons. The molecule has 1 unspecified atom stereocenters. The van der Waals surface area contributed by atoms with Crippen molar-refractivity contribution >= 4 is 99.0 Å². The lowest BCUT2D eigenvalue weighted by Crippen LogP contribution is -2.16. The Hall–Kier alpha value is -7.69. The van der Waals surface area contributed by atoms with Crippen molar-refractivity contribution in [2.75, 3.05) is 0 Å². The van der Waals surface area contributed by atoms with Crippen molar-refractivity contribution in [2.24, 2.45) is 10.9 Å². The van der Waals surface area contributed by atoms with Crippen molar-refractivity contribution in [2.45, 2.75) is 33.1 Å². The smallest absolute Gasteiger partial charge is 0.146 e. The van der Waals surface area contributed by atoms with Crippen LogP contribution in [0.25, 0.3) is 93.1 Å². The van der Waals surface area contributed by atoms with Gasteiger partial charge < -0.3 is 9.13 Å². The number of benzene rings is 8. The first-order valence-electron chi connectivity index (χ1n) is 22.4. The molecule has 4 heteroatoms. The lowest BCUT2D eigenvalue weighted by molar-refractivity contribution is 0.735. The fraction of sp³-hybridized carbons (Fsp3) is 0.102. The van der Waals surface area contributed by atoms with Crippen LogP contribution in [0.3, 0.4) is 0 Å². The second-order valence-electron chi connectivity index (χ2n) is 17.4. The minimum absolute atomic E-state index is 0.528. The normalized spacial score (nSPS) is 15.6. The van der Waals surface area contributed by atoms with E-state index in [9.17, 15) is 0 Å². The summed E-state index contributed by atoms with van der Waals surface area (Å²) < 4.78 is 7.41. The molecule has 13 rings (SSSR count). The van der Waals surface area contributed by atoms with Gasteiger partial charge in [-0.2, -0.15) is 0 Å². The SMILES string of the molecule is CCC1=C(c2ccc3c4ccccc4n(C4=CCC(C)C=C4)c3c2)C(n2c3cc(-n4c5ccccc5c5ccccc54)ccc3c3c4ccccc4ccc32)=Nc2ccccc2C1. The molecular formula is C59H44N4. The Morgan fingerprint density at radius 1 is 0.540 bits per heavy atom. The summed E-state index contributed by atoms with van der Waals surface area (Å²) in [7, 11) is 0. The van der Waals surface area contributed by atoms with Crippen LogP contribution < -0.4 is 0 Å². The van der Waals surface area contributed by atoms with E-state index in [1.807, 2.05) is 0 Å². The highest BCUT2D eigenvalue weighted by atomic mass is 15.1. The van der Waals surface area contributed by atoms with Crippen LogP contribution in [0.15, 0.2) is 199 Å². The number of rotatable bonds is 4. The third-order valence-electron chi connectivity index (χ3n) is 13.8. The topological polar surface area (TPSA) is 27.1 Å². The van der Waals surface area contributed by atoms with Crippen LogP contribution >= 0.6 is 0 Å². The van der Waals surface area contributed by atoms with E-state index in [0.29, 0.717) is 5.92 Å². The van der Waals surface area contributed by atoms with E-state index in [0.717, 1.165) is 47.5 Å². The Balaban J connectivity index is 1.14. The molecule has 4 nitrogen and oxygen atoms in total. The lowest BCUT2D eigenvalue weighted by atomic mass is 9.92. The van der Waals surface area contributed by atoms with E-state index in [1.54, 1.807) is 0 Å². The molecule has 11 aromatic rings. The largest absolute Gasteiger partial charge is 0.310 e. The Morgan fingerprint density at radius 2 is 1.17 bits per heavy atom. The number of allylic oxidation sites excluding steroid dienone is 6. The molecule has 8 aromatic carbocycles. The van der Waals surface area contributed by atoms with Crippen molar-refractivity contribution in [1.29, 1.82) is 0 Å². The minimum atomic E-state index is 0.528. The van der Waals surface area contributed by atoms with Crippen LogP contribution in [-0.2, 0) is 6.42 Å². The second kappa shape index (κ2) is 13.9. The van der Waals surface area contributed by atoms with Gasteiger partial charge in [-0.05, 0) is 102 Å². The Bertz CT molecular complexity index is 3800. The Labute approximate surface area is 365 Å². The van der Waals surface area contributed by atoms with E-state index in [2.05, 4.69) is 216 Å². The average molecular weight is 809 g/mol. The molecule has 63 heavy (non-hydrogen) atoms. The van der Waals surface area contributed by atoms with Gasteiger partial charge in [0.25, 0.3) is 0 Å². The highest BCUT2D eigenvalue weighted by Crippen LogP contribution is 2.43. The highest BCUT2D eigenvalue weighted by Gasteiger charge is 2.27. The van der Waals surface area contributed by atoms with Gasteiger partial charge >= 0.3 is 0 Å². The standard InChI is InChI=1S/C59H44N4/c1-3-38-34-40-15-5-10-20-50(40)60-59(57(38)41-26-31-48-47-19-9-11-21-51(47)61(55(48)35-41)42-28-24-37(2)25-29-42)63-54-33-27-39-14-4-6-16-44(39)58(54)49-32-30-43(36-56(49)63)62-52-22-12-7-17-45(52)46-18-8-13-23-53(46)62/h4-24,26-33,35-37H,3,25,34H2,1-2H3. The zero-order chi connectivity index (χ0) is 41.8. The third kappa shape index (κ3) is 5.37. The zero-order valence-electron chi connectivity index (χ0n) is 35.4. The molecule has 3 aromatic heterocycles. The summed E-state index contributed by atoms with van der Waals surface area (Å²) in [5.74, 6) is 1.49. The number of para-hydroxylation sites is 4. The second-order valence-corrected chi connectivity index (χ2v) is 17.4. The number of hydrogen-bond acceptors (Lipinski definition) is 1. The predicted octanol–water partition coefficient (Wildman–Crippen LogP) is 15.6. The molecule has 0 saturated carbocycles. The first kappa shape index (κ1) is 36.0. The lowest BCUT2D eigenvalue weighted by Gasteiger charge is -2.19. The first-order valence-corrected chi connectivity index (χ1v) is 22.4. The average Bonchev–Trinajstić information content (AvgIpc) is 3.92. The molecule has 1 aliphatic carbocycles. The molecule has 0 spiro atoms. The Morgan fingerprint density at radius 3 is 1.90 bits per heavy atom. The van der Waals surface area contributed by atoms with Crippen LogP contribution in [0.4, 0.5) is 5.69 Å². The molecule has 0 bridgehead atoms. The molecular weight excluding hydrogens is 765 g/mol. The third-order valence-corrected chi connectivity index (χ3v) is 13.8.